The molecule has 0 aliphatic heterocycles. The third-order valence-corrected chi connectivity index (χ3v) is 2.66. The number of hydrogen-bond acceptors (Lipinski definition) is 4. The molecule has 1 heterocycles. The summed E-state index contributed by atoms with van der Waals surface area (Å²) in [5, 5.41) is 9.94. The van der Waals surface area contributed by atoms with Crippen LogP contribution in [0.4, 0.5) is 0 Å². The summed E-state index contributed by atoms with van der Waals surface area (Å²) in [5.41, 5.74) is 0.0248. The van der Waals surface area contributed by atoms with Crippen molar-refractivity contribution in [1.82, 2.24) is 9.88 Å². The molecule has 1 rings (SSSR count). The molecule has 0 saturated carbocycles. The summed E-state index contributed by atoms with van der Waals surface area (Å²) >= 11 is 0. The molecule has 18 heavy (non-hydrogen) atoms. The molecule has 5 nitrogen and oxygen atoms in total. The molecule has 5 heteroatoms. The van der Waals surface area contributed by atoms with Crippen molar-refractivity contribution in [3.05, 3.63) is 18.0 Å². The van der Waals surface area contributed by atoms with Crippen molar-refractivity contribution in [2.24, 2.45) is 0 Å². The fourth-order valence-corrected chi connectivity index (χ4v) is 1.95. The van der Waals surface area contributed by atoms with Crippen LogP contribution in [0, 0.1) is 0 Å². The first-order valence-corrected chi connectivity index (χ1v) is 5.94. The standard InChI is InChI=1S/C13H20N2O3/c1-8(2)15(9(3)4)13(17)11-12(16)10(18-5)6-7-14-11/h6-9,16H,1-5H3. The number of carbonyl (C=O) groups is 1. The van der Waals surface area contributed by atoms with E-state index in [0.717, 1.165) is 0 Å². The molecular formula is C13H20N2O3. The molecule has 1 amide bonds. The molecule has 1 aromatic rings. The Balaban J connectivity index is 3.17. The molecule has 0 atom stereocenters. The van der Waals surface area contributed by atoms with Gasteiger partial charge < -0.3 is 14.7 Å². The van der Waals surface area contributed by atoms with Crippen LogP contribution >= 0.6 is 0 Å². The second kappa shape index (κ2) is 5.71. The summed E-state index contributed by atoms with van der Waals surface area (Å²) < 4.78 is 4.98. The SMILES string of the molecule is COc1ccnc(C(=O)N(C(C)C)C(C)C)c1O. The lowest BCUT2D eigenvalue weighted by atomic mass is 10.2. The van der Waals surface area contributed by atoms with Crippen molar-refractivity contribution in [1.29, 1.82) is 0 Å². The first-order chi connectivity index (χ1) is 8.40. The Hall–Kier alpha value is -1.78. The van der Waals surface area contributed by atoms with E-state index in [9.17, 15) is 9.90 Å². The molecule has 1 aromatic heterocycles. The number of methoxy groups -OCH3 is 1. The quantitative estimate of drug-likeness (QED) is 0.891. The number of amides is 1. The van der Waals surface area contributed by atoms with Gasteiger partial charge in [0.15, 0.2) is 17.2 Å². The number of hydrogen-bond donors (Lipinski definition) is 1. The van der Waals surface area contributed by atoms with Gasteiger partial charge in [-0.15, -0.1) is 0 Å². The van der Waals surface area contributed by atoms with Crippen LogP contribution in [0.3, 0.4) is 0 Å². The Morgan fingerprint density at radius 3 is 2.33 bits per heavy atom. The highest BCUT2D eigenvalue weighted by Gasteiger charge is 2.26. The van der Waals surface area contributed by atoms with E-state index in [1.807, 2.05) is 27.7 Å². The molecule has 0 unspecified atom stereocenters. The van der Waals surface area contributed by atoms with E-state index in [2.05, 4.69) is 4.98 Å². The number of nitrogens with zero attached hydrogens (tertiary/aromatic N) is 2. The van der Waals surface area contributed by atoms with Crippen LogP contribution < -0.4 is 4.74 Å². The Morgan fingerprint density at radius 1 is 1.33 bits per heavy atom. The number of aromatic nitrogens is 1. The van der Waals surface area contributed by atoms with Crippen molar-refractivity contribution in [2.75, 3.05) is 7.11 Å². The molecule has 0 fully saturated rings. The summed E-state index contributed by atoms with van der Waals surface area (Å²) in [4.78, 5) is 18.0. The first-order valence-electron chi connectivity index (χ1n) is 5.94. The highest BCUT2D eigenvalue weighted by Crippen LogP contribution is 2.29. The van der Waals surface area contributed by atoms with Gasteiger partial charge in [-0.1, -0.05) is 0 Å². The number of aromatic hydroxyl groups is 1. The predicted molar refractivity (Wildman–Crippen MR) is 68.9 cm³/mol. The molecule has 0 bridgehead atoms. The second-order valence-corrected chi connectivity index (χ2v) is 4.61. The highest BCUT2D eigenvalue weighted by atomic mass is 16.5. The van der Waals surface area contributed by atoms with Crippen LogP contribution in [0.25, 0.3) is 0 Å². The number of ether oxygens (including phenoxy) is 1. The third-order valence-electron chi connectivity index (χ3n) is 2.66. The second-order valence-electron chi connectivity index (χ2n) is 4.61. The zero-order valence-electron chi connectivity index (χ0n) is 11.5. The van der Waals surface area contributed by atoms with Crippen molar-refractivity contribution < 1.29 is 14.6 Å². The summed E-state index contributed by atoms with van der Waals surface area (Å²) in [6.07, 6.45) is 1.45. The number of carbonyl (C=O) groups excluding carboxylic acids is 1. The average Bonchev–Trinajstić information content (AvgIpc) is 2.28. The third kappa shape index (κ3) is 2.72. The topological polar surface area (TPSA) is 62.7 Å². The van der Waals surface area contributed by atoms with E-state index < -0.39 is 0 Å². The summed E-state index contributed by atoms with van der Waals surface area (Å²) in [6.45, 7) is 7.70. The van der Waals surface area contributed by atoms with Crippen LogP contribution in [0.1, 0.15) is 38.2 Å². The molecule has 0 radical (unpaired) electrons. The lowest BCUT2D eigenvalue weighted by Crippen LogP contribution is -2.42. The van der Waals surface area contributed by atoms with E-state index in [0.29, 0.717) is 0 Å². The lowest BCUT2D eigenvalue weighted by Gasteiger charge is -2.30. The van der Waals surface area contributed by atoms with Crippen LogP contribution in [0.5, 0.6) is 11.5 Å². The molecule has 100 valence electrons. The number of pyridine rings is 1. The predicted octanol–water partition coefficient (Wildman–Crippen LogP) is 2.05. The minimum atomic E-state index is -0.295. The Labute approximate surface area is 107 Å². The van der Waals surface area contributed by atoms with Gasteiger partial charge in [0.05, 0.1) is 7.11 Å². The van der Waals surface area contributed by atoms with E-state index in [1.54, 1.807) is 4.90 Å². The zero-order chi connectivity index (χ0) is 13.9. The van der Waals surface area contributed by atoms with E-state index in [4.69, 9.17) is 4.74 Å². The van der Waals surface area contributed by atoms with Crippen molar-refractivity contribution in [3.63, 3.8) is 0 Å². The van der Waals surface area contributed by atoms with Crippen LogP contribution in [-0.2, 0) is 0 Å². The normalized spacial score (nSPS) is 10.8. The average molecular weight is 252 g/mol. The van der Waals surface area contributed by atoms with E-state index in [1.165, 1.54) is 19.4 Å². The van der Waals surface area contributed by atoms with Gasteiger partial charge in [0, 0.05) is 24.3 Å². The molecule has 0 aromatic carbocycles. The van der Waals surface area contributed by atoms with Gasteiger partial charge in [0.2, 0.25) is 0 Å². The Morgan fingerprint density at radius 2 is 1.89 bits per heavy atom. The van der Waals surface area contributed by atoms with Crippen LogP contribution in [-0.4, -0.2) is 40.1 Å². The number of rotatable bonds is 4. The Kier molecular flexibility index (Phi) is 4.53. The smallest absolute Gasteiger partial charge is 0.276 e. The fourth-order valence-electron chi connectivity index (χ4n) is 1.95. The fraction of sp³-hybridized carbons (Fsp3) is 0.538. The van der Waals surface area contributed by atoms with Crippen LogP contribution in [0.15, 0.2) is 12.3 Å². The maximum Gasteiger partial charge on any atom is 0.276 e. The minimum absolute atomic E-state index is 0.0248. The highest BCUT2D eigenvalue weighted by molar-refractivity contribution is 5.96. The maximum absolute atomic E-state index is 12.4. The molecule has 0 saturated heterocycles. The van der Waals surface area contributed by atoms with Crippen LogP contribution in [0.2, 0.25) is 0 Å². The monoisotopic (exact) mass is 252 g/mol. The summed E-state index contributed by atoms with van der Waals surface area (Å²) in [6, 6.07) is 1.58. The van der Waals surface area contributed by atoms with Gasteiger partial charge in [-0.05, 0) is 27.7 Å². The van der Waals surface area contributed by atoms with Crippen molar-refractivity contribution in [2.45, 2.75) is 39.8 Å². The molecule has 0 spiro atoms. The molecule has 1 N–H and O–H groups in total. The van der Waals surface area contributed by atoms with Gasteiger partial charge in [0.25, 0.3) is 5.91 Å². The zero-order valence-corrected chi connectivity index (χ0v) is 11.5. The van der Waals surface area contributed by atoms with E-state index >= 15 is 0 Å². The molecular weight excluding hydrogens is 232 g/mol. The summed E-state index contributed by atoms with van der Waals surface area (Å²) in [7, 11) is 1.44. The molecule has 0 aliphatic rings. The lowest BCUT2D eigenvalue weighted by molar-refractivity contribution is 0.0633. The van der Waals surface area contributed by atoms with Gasteiger partial charge in [-0.25, -0.2) is 4.98 Å². The van der Waals surface area contributed by atoms with Crippen molar-refractivity contribution in [3.8, 4) is 11.5 Å². The maximum atomic E-state index is 12.4. The van der Waals surface area contributed by atoms with Gasteiger partial charge in [0.1, 0.15) is 0 Å². The minimum Gasteiger partial charge on any atom is -0.503 e. The van der Waals surface area contributed by atoms with Gasteiger partial charge in [-0.2, -0.15) is 0 Å². The summed E-state index contributed by atoms with van der Waals surface area (Å²) in [5.74, 6) is -0.256. The first kappa shape index (κ1) is 14.3. The van der Waals surface area contributed by atoms with Gasteiger partial charge >= 0.3 is 0 Å². The molecule has 0 aliphatic carbocycles. The Bertz CT molecular complexity index is 422. The van der Waals surface area contributed by atoms with Gasteiger partial charge in [-0.3, -0.25) is 4.79 Å². The van der Waals surface area contributed by atoms with E-state index in [-0.39, 0.29) is 35.2 Å². The largest absolute Gasteiger partial charge is 0.503 e. The van der Waals surface area contributed by atoms with Crippen molar-refractivity contribution >= 4 is 5.91 Å².